The van der Waals surface area contributed by atoms with Crippen LogP contribution < -0.4 is 15.2 Å². The first kappa shape index (κ1) is 9.71. The lowest BCUT2D eigenvalue weighted by molar-refractivity contribution is 0.354. The zero-order valence-electron chi connectivity index (χ0n) is 8.47. The van der Waals surface area contributed by atoms with Crippen molar-refractivity contribution in [1.82, 2.24) is 0 Å². The van der Waals surface area contributed by atoms with E-state index in [1.807, 2.05) is 19.9 Å². The fourth-order valence-electron chi connectivity index (χ4n) is 1.34. The molecule has 0 aliphatic carbocycles. The first-order valence-electron chi connectivity index (χ1n) is 4.09. The fourth-order valence-corrected chi connectivity index (χ4v) is 1.34. The van der Waals surface area contributed by atoms with Gasteiger partial charge < -0.3 is 15.2 Å². The van der Waals surface area contributed by atoms with E-state index in [1.54, 1.807) is 14.2 Å². The highest BCUT2D eigenvalue weighted by Crippen LogP contribution is 2.37. The van der Waals surface area contributed by atoms with Crippen molar-refractivity contribution < 1.29 is 9.47 Å². The lowest BCUT2D eigenvalue weighted by Crippen LogP contribution is -1.99. The van der Waals surface area contributed by atoms with Gasteiger partial charge in [0, 0.05) is 0 Å². The third kappa shape index (κ3) is 1.54. The number of hydrogen-bond acceptors (Lipinski definition) is 3. The summed E-state index contributed by atoms with van der Waals surface area (Å²) in [6, 6.07) is 1.89. The molecule has 0 heterocycles. The summed E-state index contributed by atoms with van der Waals surface area (Å²) in [6.45, 7) is 3.98. The number of benzene rings is 1. The van der Waals surface area contributed by atoms with Gasteiger partial charge in [-0.05, 0) is 31.0 Å². The minimum atomic E-state index is 0.613. The number of ether oxygens (including phenoxy) is 2. The molecule has 0 spiro atoms. The zero-order valence-corrected chi connectivity index (χ0v) is 8.47. The van der Waals surface area contributed by atoms with Gasteiger partial charge in [0.15, 0.2) is 11.5 Å². The van der Waals surface area contributed by atoms with E-state index in [0.717, 1.165) is 16.9 Å². The van der Waals surface area contributed by atoms with Crippen molar-refractivity contribution in [3.8, 4) is 11.5 Å². The minimum absolute atomic E-state index is 0.613. The molecule has 1 aromatic rings. The van der Waals surface area contributed by atoms with Crippen molar-refractivity contribution in [2.24, 2.45) is 0 Å². The number of hydrogen-bond donors (Lipinski definition) is 1. The van der Waals surface area contributed by atoms with Gasteiger partial charge in [0.25, 0.3) is 0 Å². The second kappa shape index (κ2) is 3.56. The van der Waals surface area contributed by atoms with Crippen LogP contribution in [0.4, 0.5) is 5.69 Å². The smallest absolute Gasteiger partial charge is 0.184 e. The molecule has 0 amide bonds. The Kier molecular flexibility index (Phi) is 2.66. The molecule has 0 bridgehead atoms. The second-order valence-electron chi connectivity index (χ2n) is 2.97. The van der Waals surface area contributed by atoms with Crippen LogP contribution in [0.1, 0.15) is 11.1 Å². The first-order valence-corrected chi connectivity index (χ1v) is 4.09. The molecule has 0 fully saturated rings. The third-order valence-electron chi connectivity index (χ3n) is 2.18. The molecule has 0 atom stereocenters. The fraction of sp³-hybridized carbons (Fsp3) is 0.400. The number of nitrogen functional groups attached to an aromatic ring is 1. The summed E-state index contributed by atoms with van der Waals surface area (Å²) in [4.78, 5) is 0. The zero-order chi connectivity index (χ0) is 10.0. The molecular formula is C10H15NO2. The summed E-state index contributed by atoms with van der Waals surface area (Å²) in [6.07, 6.45) is 0. The van der Waals surface area contributed by atoms with Crippen LogP contribution in [0.25, 0.3) is 0 Å². The average molecular weight is 181 g/mol. The summed E-state index contributed by atoms with van der Waals surface area (Å²) in [7, 11) is 3.20. The van der Waals surface area contributed by atoms with Crippen molar-refractivity contribution in [3.63, 3.8) is 0 Å². The Bertz CT molecular complexity index is 321. The highest BCUT2D eigenvalue weighted by molar-refractivity contribution is 5.65. The maximum absolute atomic E-state index is 5.77. The van der Waals surface area contributed by atoms with Crippen LogP contribution in [0.3, 0.4) is 0 Å². The lowest BCUT2D eigenvalue weighted by Gasteiger charge is -2.14. The minimum Gasteiger partial charge on any atom is -0.492 e. The topological polar surface area (TPSA) is 44.5 Å². The molecule has 0 saturated heterocycles. The van der Waals surface area contributed by atoms with E-state index in [2.05, 4.69) is 0 Å². The van der Waals surface area contributed by atoms with E-state index < -0.39 is 0 Å². The van der Waals surface area contributed by atoms with Gasteiger partial charge >= 0.3 is 0 Å². The number of rotatable bonds is 2. The standard InChI is InChI=1S/C10H15NO2/c1-6-5-8(11)10(13-4)9(12-3)7(6)2/h5H,11H2,1-4H3. The van der Waals surface area contributed by atoms with Crippen LogP contribution in [0, 0.1) is 13.8 Å². The summed E-state index contributed by atoms with van der Waals surface area (Å²) in [5, 5.41) is 0. The predicted molar refractivity (Wildman–Crippen MR) is 53.4 cm³/mol. The lowest BCUT2D eigenvalue weighted by atomic mass is 10.1. The van der Waals surface area contributed by atoms with E-state index in [-0.39, 0.29) is 0 Å². The molecule has 0 aliphatic heterocycles. The summed E-state index contributed by atoms with van der Waals surface area (Å²) in [5.41, 5.74) is 8.56. The molecule has 13 heavy (non-hydrogen) atoms. The van der Waals surface area contributed by atoms with E-state index in [4.69, 9.17) is 15.2 Å². The number of nitrogens with two attached hydrogens (primary N) is 1. The van der Waals surface area contributed by atoms with Crippen LogP contribution in [-0.2, 0) is 0 Å². The Morgan fingerprint density at radius 3 is 2.08 bits per heavy atom. The van der Waals surface area contributed by atoms with Gasteiger partial charge in [-0.3, -0.25) is 0 Å². The van der Waals surface area contributed by atoms with E-state index in [0.29, 0.717) is 11.4 Å². The molecular weight excluding hydrogens is 166 g/mol. The van der Waals surface area contributed by atoms with Crippen molar-refractivity contribution in [3.05, 3.63) is 17.2 Å². The Balaban J connectivity index is 3.41. The highest BCUT2D eigenvalue weighted by Gasteiger charge is 2.12. The molecule has 3 heteroatoms. The second-order valence-corrected chi connectivity index (χ2v) is 2.97. The van der Waals surface area contributed by atoms with E-state index in [9.17, 15) is 0 Å². The first-order chi connectivity index (χ1) is 6.11. The summed E-state index contributed by atoms with van der Waals surface area (Å²) < 4.78 is 10.4. The van der Waals surface area contributed by atoms with Gasteiger partial charge in [-0.1, -0.05) is 0 Å². The number of methoxy groups -OCH3 is 2. The van der Waals surface area contributed by atoms with Crippen LogP contribution >= 0.6 is 0 Å². The van der Waals surface area contributed by atoms with Crippen molar-refractivity contribution in [2.75, 3.05) is 20.0 Å². The summed E-state index contributed by atoms with van der Waals surface area (Å²) in [5.74, 6) is 1.34. The highest BCUT2D eigenvalue weighted by atomic mass is 16.5. The molecule has 2 N–H and O–H groups in total. The molecule has 0 aromatic heterocycles. The van der Waals surface area contributed by atoms with Crippen LogP contribution in [0.15, 0.2) is 6.07 Å². The van der Waals surface area contributed by atoms with Gasteiger partial charge in [-0.25, -0.2) is 0 Å². The average Bonchev–Trinajstić information content (AvgIpc) is 2.10. The molecule has 72 valence electrons. The van der Waals surface area contributed by atoms with Gasteiger partial charge in [0.05, 0.1) is 19.9 Å². The SMILES string of the molecule is COc1c(N)cc(C)c(C)c1OC. The number of aryl methyl sites for hydroxylation is 1. The van der Waals surface area contributed by atoms with Crippen molar-refractivity contribution >= 4 is 5.69 Å². The van der Waals surface area contributed by atoms with E-state index in [1.165, 1.54) is 0 Å². The van der Waals surface area contributed by atoms with E-state index >= 15 is 0 Å². The quantitative estimate of drug-likeness (QED) is 0.709. The Hall–Kier alpha value is -1.38. The molecule has 0 radical (unpaired) electrons. The van der Waals surface area contributed by atoms with Crippen molar-refractivity contribution in [2.45, 2.75) is 13.8 Å². The predicted octanol–water partition coefficient (Wildman–Crippen LogP) is 1.90. The Labute approximate surface area is 78.5 Å². The molecule has 0 aliphatic rings. The van der Waals surface area contributed by atoms with Gasteiger partial charge in [-0.15, -0.1) is 0 Å². The van der Waals surface area contributed by atoms with Gasteiger partial charge in [0.1, 0.15) is 0 Å². The van der Waals surface area contributed by atoms with Crippen LogP contribution in [0.2, 0.25) is 0 Å². The molecule has 0 unspecified atom stereocenters. The van der Waals surface area contributed by atoms with Gasteiger partial charge in [-0.2, -0.15) is 0 Å². The summed E-state index contributed by atoms with van der Waals surface area (Å²) >= 11 is 0. The molecule has 0 saturated carbocycles. The molecule has 1 rings (SSSR count). The third-order valence-corrected chi connectivity index (χ3v) is 2.18. The van der Waals surface area contributed by atoms with Gasteiger partial charge in [0.2, 0.25) is 0 Å². The monoisotopic (exact) mass is 181 g/mol. The largest absolute Gasteiger partial charge is 0.492 e. The molecule has 1 aromatic carbocycles. The molecule has 3 nitrogen and oxygen atoms in total. The maximum atomic E-state index is 5.77. The van der Waals surface area contributed by atoms with Crippen molar-refractivity contribution in [1.29, 1.82) is 0 Å². The number of anilines is 1. The maximum Gasteiger partial charge on any atom is 0.184 e. The Morgan fingerprint density at radius 2 is 1.62 bits per heavy atom. The van der Waals surface area contributed by atoms with Crippen LogP contribution in [-0.4, -0.2) is 14.2 Å². The van der Waals surface area contributed by atoms with Crippen LogP contribution in [0.5, 0.6) is 11.5 Å². The normalized spacial score (nSPS) is 9.85. The Morgan fingerprint density at radius 1 is 1.08 bits per heavy atom.